The van der Waals surface area contributed by atoms with E-state index in [0.717, 1.165) is 31.1 Å². The number of piperidine rings is 1. The maximum atomic E-state index is 5.39. The van der Waals surface area contributed by atoms with E-state index >= 15 is 0 Å². The molecule has 0 aromatic carbocycles. The highest BCUT2D eigenvalue weighted by molar-refractivity contribution is 4.97. The molecule has 3 heterocycles. The Morgan fingerprint density at radius 1 is 1.33 bits per heavy atom. The van der Waals surface area contributed by atoms with Gasteiger partial charge in [0.05, 0.1) is 6.04 Å². The maximum absolute atomic E-state index is 5.39. The van der Waals surface area contributed by atoms with Crippen molar-refractivity contribution < 1.29 is 4.52 Å². The summed E-state index contributed by atoms with van der Waals surface area (Å²) in [5, 5.41) is 7.52. The predicted octanol–water partition coefficient (Wildman–Crippen LogP) is 1.38. The summed E-state index contributed by atoms with van der Waals surface area (Å²) in [4.78, 5) is 6.94. The van der Waals surface area contributed by atoms with Crippen molar-refractivity contribution in [2.75, 3.05) is 26.7 Å². The van der Waals surface area contributed by atoms with Crippen LogP contribution in [-0.2, 0) is 6.42 Å². The van der Waals surface area contributed by atoms with Crippen LogP contribution in [0, 0.1) is 5.92 Å². The lowest BCUT2D eigenvalue weighted by molar-refractivity contribution is 0.208. The summed E-state index contributed by atoms with van der Waals surface area (Å²) in [5.41, 5.74) is 0. The molecule has 2 fully saturated rings. The summed E-state index contributed by atoms with van der Waals surface area (Å²) in [7, 11) is 2.19. The van der Waals surface area contributed by atoms with E-state index in [1.807, 2.05) is 0 Å². The highest BCUT2D eigenvalue weighted by Crippen LogP contribution is 2.23. The zero-order valence-electron chi connectivity index (χ0n) is 11.1. The molecular formula is C13H22N4O. The van der Waals surface area contributed by atoms with Gasteiger partial charge in [0.25, 0.3) is 0 Å². The largest absolute Gasteiger partial charge is 0.339 e. The van der Waals surface area contributed by atoms with Crippen LogP contribution >= 0.6 is 0 Å². The molecule has 100 valence electrons. The molecule has 18 heavy (non-hydrogen) atoms. The van der Waals surface area contributed by atoms with Gasteiger partial charge in [-0.3, -0.25) is 0 Å². The molecule has 1 aromatic rings. The number of nitrogens with one attached hydrogen (secondary N) is 1. The third kappa shape index (κ3) is 2.72. The third-order valence-corrected chi connectivity index (χ3v) is 4.16. The van der Waals surface area contributed by atoms with Crippen LogP contribution in [0.4, 0.5) is 0 Å². The van der Waals surface area contributed by atoms with E-state index in [9.17, 15) is 0 Å². The minimum atomic E-state index is 0.319. The van der Waals surface area contributed by atoms with Crippen molar-refractivity contribution in [1.82, 2.24) is 20.4 Å². The molecular weight excluding hydrogens is 228 g/mol. The van der Waals surface area contributed by atoms with Gasteiger partial charge < -0.3 is 14.7 Å². The zero-order chi connectivity index (χ0) is 12.4. The van der Waals surface area contributed by atoms with Crippen molar-refractivity contribution in [3.8, 4) is 0 Å². The highest BCUT2D eigenvalue weighted by Gasteiger charge is 2.23. The van der Waals surface area contributed by atoms with E-state index in [1.54, 1.807) is 0 Å². The topological polar surface area (TPSA) is 54.2 Å². The van der Waals surface area contributed by atoms with Crippen molar-refractivity contribution in [3.63, 3.8) is 0 Å². The van der Waals surface area contributed by atoms with Gasteiger partial charge in [0, 0.05) is 6.42 Å². The summed E-state index contributed by atoms with van der Waals surface area (Å²) in [5.74, 6) is 2.40. The van der Waals surface area contributed by atoms with Gasteiger partial charge in [-0.25, -0.2) is 0 Å². The second-order valence-electron chi connectivity index (χ2n) is 5.65. The molecule has 2 aliphatic rings. The smallest absolute Gasteiger partial charge is 0.226 e. The van der Waals surface area contributed by atoms with Gasteiger partial charge in [-0.15, -0.1) is 0 Å². The predicted molar refractivity (Wildman–Crippen MR) is 68.2 cm³/mol. The first-order valence-corrected chi connectivity index (χ1v) is 7.05. The lowest BCUT2D eigenvalue weighted by Crippen LogP contribution is -2.31. The van der Waals surface area contributed by atoms with Crippen molar-refractivity contribution in [2.24, 2.45) is 5.92 Å². The average molecular weight is 250 g/mol. The van der Waals surface area contributed by atoms with Crippen LogP contribution in [0.5, 0.6) is 0 Å². The summed E-state index contributed by atoms with van der Waals surface area (Å²) >= 11 is 0. The molecule has 0 saturated carbocycles. The molecule has 3 rings (SSSR count). The Balaban J connectivity index is 1.56. The van der Waals surface area contributed by atoms with Crippen LogP contribution in [0.15, 0.2) is 4.52 Å². The quantitative estimate of drug-likeness (QED) is 0.878. The van der Waals surface area contributed by atoms with E-state index in [1.165, 1.54) is 32.4 Å². The molecule has 0 spiro atoms. The summed E-state index contributed by atoms with van der Waals surface area (Å²) in [6, 6.07) is 0.319. The van der Waals surface area contributed by atoms with Crippen molar-refractivity contribution in [2.45, 2.75) is 38.1 Å². The molecule has 0 radical (unpaired) electrons. The maximum Gasteiger partial charge on any atom is 0.226 e. The van der Waals surface area contributed by atoms with Gasteiger partial charge in [-0.1, -0.05) is 5.16 Å². The molecule has 5 heteroatoms. The number of hydrogen-bond donors (Lipinski definition) is 1. The molecule has 0 amide bonds. The monoisotopic (exact) mass is 250 g/mol. The van der Waals surface area contributed by atoms with Crippen LogP contribution in [0.3, 0.4) is 0 Å². The Labute approximate surface area is 108 Å². The minimum absolute atomic E-state index is 0.319. The van der Waals surface area contributed by atoms with Crippen molar-refractivity contribution in [1.29, 1.82) is 0 Å². The number of rotatable bonds is 3. The SMILES string of the molecule is CN1CCC(Cc2nc(C3CCCN3)no2)CC1. The summed E-state index contributed by atoms with van der Waals surface area (Å²) < 4.78 is 5.39. The Kier molecular flexibility index (Phi) is 3.61. The first-order valence-electron chi connectivity index (χ1n) is 7.05. The van der Waals surface area contributed by atoms with Gasteiger partial charge in [0.15, 0.2) is 5.82 Å². The Bertz CT molecular complexity index is 378. The van der Waals surface area contributed by atoms with Crippen LogP contribution in [0.2, 0.25) is 0 Å². The van der Waals surface area contributed by atoms with Crippen molar-refractivity contribution >= 4 is 0 Å². The number of aromatic nitrogens is 2. The summed E-state index contributed by atoms with van der Waals surface area (Å²) in [6.45, 7) is 3.45. The van der Waals surface area contributed by atoms with Gasteiger partial charge in [0.2, 0.25) is 5.89 Å². The van der Waals surface area contributed by atoms with Gasteiger partial charge >= 0.3 is 0 Å². The average Bonchev–Trinajstić information content (AvgIpc) is 3.02. The molecule has 1 aromatic heterocycles. The second kappa shape index (κ2) is 5.36. The molecule has 5 nitrogen and oxygen atoms in total. The normalized spacial score (nSPS) is 26.8. The van der Waals surface area contributed by atoms with Crippen LogP contribution in [0.1, 0.15) is 43.4 Å². The van der Waals surface area contributed by atoms with Crippen LogP contribution in [-0.4, -0.2) is 41.7 Å². The first kappa shape index (κ1) is 12.1. The van der Waals surface area contributed by atoms with Gasteiger partial charge in [0.1, 0.15) is 0 Å². The van der Waals surface area contributed by atoms with E-state index < -0.39 is 0 Å². The molecule has 1 N–H and O–H groups in total. The van der Waals surface area contributed by atoms with Gasteiger partial charge in [-0.05, 0) is 58.3 Å². The number of nitrogens with zero attached hydrogens (tertiary/aromatic N) is 3. The lowest BCUT2D eigenvalue weighted by Gasteiger charge is -2.27. The molecule has 2 aliphatic heterocycles. The van der Waals surface area contributed by atoms with E-state index in [-0.39, 0.29) is 0 Å². The fourth-order valence-electron chi connectivity index (χ4n) is 2.91. The third-order valence-electron chi connectivity index (χ3n) is 4.16. The Morgan fingerprint density at radius 2 is 2.17 bits per heavy atom. The van der Waals surface area contributed by atoms with Crippen molar-refractivity contribution in [3.05, 3.63) is 11.7 Å². The number of hydrogen-bond acceptors (Lipinski definition) is 5. The highest BCUT2D eigenvalue weighted by atomic mass is 16.5. The van der Waals surface area contributed by atoms with Crippen LogP contribution in [0.25, 0.3) is 0 Å². The molecule has 2 saturated heterocycles. The molecule has 1 unspecified atom stereocenters. The minimum Gasteiger partial charge on any atom is -0.339 e. The fourth-order valence-corrected chi connectivity index (χ4v) is 2.91. The Hall–Kier alpha value is -0.940. The van der Waals surface area contributed by atoms with Crippen LogP contribution < -0.4 is 5.32 Å². The fraction of sp³-hybridized carbons (Fsp3) is 0.846. The molecule has 1 atom stereocenters. The second-order valence-corrected chi connectivity index (χ2v) is 5.65. The number of likely N-dealkylation sites (tertiary alicyclic amines) is 1. The molecule has 0 aliphatic carbocycles. The van der Waals surface area contributed by atoms with E-state index in [4.69, 9.17) is 4.52 Å². The molecule has 0 bridgehead atoms. The van der Waals surface area contributed by atoms with Gasteiger partial charge in [-0.2, -0.15) is 4.98 Å². The van der Waals surface area contributed by atoms with E-state index in [2.05, 4.69) is 27.4 Å². The zero-order valence-corrected chi connectivity index (χ0v) is 11.1. The first-order chi connectivity index (χ1) is 8.81. The lowest BCUT2D eigenvalue weighted by atomic mass is 9.94. The van der Waals surface area contributed by atoms with E-state index in [0.29, 0.717) is 12.0 Å². The standard InChI is InChI=1S/C13H22N4O/c1-17-7-4-10(5-8-17)9-12-15-13(16-18-12)11-3-2-6-14-11/h10-11,14H,2-9H2,1H3. The Morgan fingerprint density at radius 3 is 2.89 bits per heavy atom. The summed E-state index contributed by atoms with van der Waals surface area (Å²) in [6.07, 6.45) is 5.79.